The number of benzene rings is 3. The summed E-state index contributed by atoms with van der Waals surface area (Å²) < 4.78 is 22.2. The van der Waals surface area contributed by atoms with Crippen LogP contribution < -0.4 is 19.5 Å². The average molecular weight is 474 g/mol. The molecule has 0 aliphatic rings. The second kappa shape index (κ2) is 10.4. The van der Waals surface area contributed by atoms with Gasteiger partial charge in [0, 0.05) is 18.2 Å². The van der Waals surface area contributed by atoms with Gasteiger partial charge in [-0.25, -0.2) is 0 Å². The Morgan fingerprint density at radius 1 is 0.943 bits per heavy atom. The van der Waals surface area contributed by atoms with Crippen molar-refractivity contribution in [1.29, 1.82) is 0 Å². The number of aryl methyl sites for hydroxylation is 1. The second-order valence-corrected chi connectivity index (χ2v) is 7.58. The molecule has 0 aliphatic heterocycles. The molecule has 0 bridgehead atoms. The number of hydrogen-bond donors (Lipinski definition) is 1. The molecule has 9 heteroatoms. The molecule has 1 aromatic heterocycles. The van der Waals surface area contributed by atoms with E-state index in [1.54, 1.807) is 49.6 Å². The van der Waals surface area contributed by atoms with Crippen LogP contribution in [0.3, 0.4) is 0 Å². The summed E-state index contributed by atoms with van der Waals surface area (Å²) in [6, 6.07) is 21.5. The number of nitro benzene ring substituents is 1. The lowest BCUT2D eigenvalue weighted by Gasteiger charge is -2.09. The lowest BCUT2D eigenvalue weighted by molar-refractivity contribution is -0.384. The summed E-state index contributed by atoms with van der Waals surface area (Å²) in [4.78, 5) is 23.5. The normalized spacial score (nSPS) is 10.5. The largest absolute Gasteiger partial charge is 0.497 e. The maximum absolute atomic E-state index is 12.7. The fraction of sp³-hybridized carbons (Fsp3) is 0.115. The molecular formula is C26H22N2O7. The van der Waals surface area contributed by atoms with Crippen LogP contribution in [0.15, 0.2) is 83.3 Å². The van der Waals surface area contributed by atoms with E-state index in [2.05, 4.69) is 5.32 Å². The van der Waals surface area contributed by atoms with E-state index >= 15 is 0 Å². The van der Waals surface area contributed by atoms with Crippen LogP contribution in [0, 0.1) is 17.0 Å². The zero-order valence-corrected chi connectivity index (χ0v) is 19.0. The Hall–Kier alpha value is -4.79. The summed E-state index contributed by atoms with van der Waals surface area (Å²) in [6.07, 6.45) is 0. The molecule has 0 aliphatic carbocycles. The van der Waals surface area contributed by atoms with Gasteiger partial charge in [0.1, 0.15) is 35.4 Å². The van der Waals surface area contributed by atoms with Gasteiger partial charge in [-0.3, -0.25) is 14.9 Å². The van der Waals surface area contributed by atoms with Crippen LogP contribution in [0.5, 0.6) is 23.0 Å². The highest BCUT2D eigenvalue weighted by molar-refractivity contribution is 6.02. The predicted octanol–water partition coefficient (Wildman–Crippen LogP) is 6.13. The third-order valence-electron chi connectivity index (χ3n) is 4.92. The number of anilines is 1. The highest BCUT2D eigenvalue weighted by atomic mass is 16.6. The van der Waals surface area contributed by atoms with Crippen LogP contribution in [0.2, 0.25) is 0 Å². The minimum Gasteiger partial charge on any atom is -0.497 e. The SMILES string of the molecule is COc1cccc(OCc2ccc(C(=O)Nc3cc(Oc4ccc(C)cc4)cc([N+](=O)[O-])c3)o2)c1. The van der Waals surface area contributed by atoms with Crippen molar-refractivity contribution < 1.29 is 28.3 Å². The van der Waals surface area contributed by atoms with Gasteiger partial charge in [0.2, 0.25) is 0 Å². The first-order chi connectivity index (χ1) is 16.9. The van der Waals surface area contributed by atoms with Crippen molar-refractivity contribution in [2.75, 3.05) is 12.4 Å². The summed E-state index contributed by atoms with van der Waals surface area (Å²) >= 11 is 0. The van der Waals surface area contributed by atoms with E-state index in [0.717, 1.165) is 5.56 Å². The predicted molar refractivity (Wildman–Crippen MR) is 128 cm³/mol. The Bertz CT molecular complexity index is 1350. The lowest BCUT2D eigenvalue weighted by Crippen LogP contribution is -2.11. The Morgan fingerprint density at radius 3 is 2.46 bits per heavy atom. The molecule has 9 nitrogen and oxygen atoms in total. The monoisotopic (exact) mass is 474 g/mol. The average Bonchev–Trinajstić information content (AvgIpc) is 3.33. The fourth-order valence-corrected chi connectivity index (χ4v) is 3.18. The van der Waals surface area contributed by atoms with Crippen LogP contribution in [-0.4, -0.2) is 17.9 Å². The molecule has 0 unspecified atom stereocenters. The third-order valence-corrected chi connectivity index (χ3v) is 4.92. The van der Waals surface area contributed by atoms with Crippen LogP contribution in [-0.2, 0) is 6.61 Å². The summed E-state index contributed by atoms with van der Waals surface area (Å²) in [6.45, 7) is 2.04. The Kier molecular flexibility index (Phi) is 6.96. The van der Waals surface area contributed by atoms with Gasteiger partial charge in [-0.2, -0.15) is 0 Å². The van der Waals surface area contributed by atoms with E-state index in [1.165, 1.54) is 24.3 Å². The van der Waals surface area contributed by atoms with E-state index in [9.17, 15) is 14.9 Å². The molecule has 178 valence electrons. The van der Waals surface area contributed by atoms with Crippen molar-refractivity contribution in [2.45, 2.75) is 13.5 Å². The number of non-ortho nitro benzene ring substituents is 1. The summed E-state index contributed by atoms with van der Waals surface area (Å²) in [5, 5.41) is 14.0. The van der Waals surface area contributed by atoms with Gasteiger partial charge in [-0.05, 0) is 43.3 Å². The molecule has 1 heterocycles. The highest BCUT2D eigenvalue weighted by Crippen LogP contribution is 2.30. The summed E-state index contributed by atoms with van der Waals surface area (Å²) in [5.74, 6) is 1.86. The van der Waals surface area contributed by atoms with E-state index < -0.39 is 10.8 Å². The number of hydrogen-bond acceptors (Lipinski definition) is 7. The number of furan rings is 1. The molecule has 0 saturated heterocycles. The van der Waals surface area contributed by atoms with Crippen molar-refractivity contribution in [2.24, 2.45) is 0 Å². The first-order valence-electron chi connectivity index (χ1n) is 10.6. The Balaban J connectivity index is 1.45. The molecule has 0 saturated carbocycles. The zero-order valence-electron chi connectivity index (χ0n) is 19.0. The van der Waals surface area contributed by atoms with Crippen LogP contribution >= 0.6 is 0 Å². The number of nitrogens with zero attached hydrogens (tertiary/aromatic N) is 1. The molecule has 1 amide bonds. The van der Waals surface area contributed by atoms with Crippen molar-refractivity contribution in [3.8, 4) is 23.0 Å². The van der Waals surface area contributed by atoms with Crippen LogP contribution in [0.1, 0.15) is 21.9 Å². The Labute approximate surface area is 201 Å². The van der Waals surface area contributed by atoms with E-state index in [-0.39, 0.29) is 29.5 Å². The molecule has 4 aromatic rings. The van der Waals surface area contributed by atoms with Gasteiger partial charge >= 0.3 is 0 Å². The molecule has 0 atom stereocenters. The number of methoxy groups -OCH3 is 1. The van der Waals surface area contributed by atoms with E-state index in [0.29, 0.717) is 23.0 Å². The molecular weight excluding hydrogens is 452 g/mol. The number of carbonyl (C=O) groups is 1. The van der Waals surface area contributed by atoms with Gasteiger partial charge in [-0.15, -0.1) is 0 Å². The second-order valence-electron chi connectivity index (χ2n) is 7.58. The standard InChI is InChI=1S/C26H22N2O7/c1-17-6-8-20(9-7-17)34-24-13-18(12-19(14-24)28(30)31)27-26(29)25-11-10-23(35-25)16-33-22-5-3-4-21(15-22)32-2/h3-15H,16H2,1-2H3,(H,27,29). The van der Waals surface area contributed by atoms with Crippen molar-refractivity contribution in [1.82, 2.24) is 0 Å². The first-order valence-corrected chi connectivity index (χ1v) is 10.6. The fourth-order valence-electron chi connectivity index (χ4n) is 3.18. The molecule has 1 N–H and O–H groups in total. The number of carbonyl (C=O) groups excluding carboxylic acids is 1. The molecule has 0 fully saturated rings. The lowest BCUT2D eigenvalue weighted by atomic mass is 10.2. The van der Waals surface area contributed by atoms with Gasteiger partial charge in [0.15, 0.2) is 5.76 Å². The third kappa shape index (κ3) is 6.17. The summed E-state index contributed by atoms with van der Waals surface area (Å²) in [5.41, 5.74) is 1.02. The number of nitrogens with one attached hydrogen (secondary N) is 1. The van der Waals surface area contributed by atoms with Gasteiger partial charge in [0.25, 0.3) is 11.6 Å². The zero-order chi connectivity index (χ0) is 24.8. The minimum atomic E-state index is -0.570. The van der Waals surface area contributed by atoms with Crippen molar-refractivity contribution in [3.05, 3.63) is 106 Å². The smallest absolute Gasteiger partial charge is 0.291 e. The van der Waals surface area contributed by atoms with Gasteiger partial charge in [-0.1, -0.05) is 23.8 Å². The minimum absolute atomic E-state index is 0.0294. The van der Waals surface area contributed by atoms with Gasteiger partial charge in [0.05, 0.1) is 23.8 Å². The van der Waals surface area contributed by atoms with Crippen LogP contribution in [0.4, 0.5) is 11.4 Å². The molecule has 0 spiro atoms. The maximum atomic E-state index is 12.7. The highest BCUT2D eigenvalue weighted by Gasteiger charge is 2.16. The summed E-state index contributed by atoms with van der Waals surface area (Å²) in [7, 11) is 1.56. The maximum Gasteiger partial charge on any atom is 0.291 e. The van der Waals surface area contributed by atoms with Crippen molar-refractivity contribution >= 4 is 17.3 Å². The number of rotatable bonds is 9. The molecule has 35 heavy (non-hydrogen) atoms. The number of amides is 1. The molecule has 3 aromatic carbocycles. The quantitative estimate of drug-likeness (QED) is 0.229. The van der Waals surface area contributed by atoms with Crippen molar-refractivity contribution in [3.63, 3.8) is 0 Å². The van der Waals surface area contributed by atoms with Crippen LogP contribution in [0.25, 0.3) is 0 Å². The van der Waals surface area contributed by atoms with E-state index in [1.807, 2.05) is 19.1 Å². The van der Waals surface area contributed by atoms with E-state index in [4.69, 9.17) is 18.6 Å². The topological polar surface area (TPSA) is 113 Å². The van der Waals surface area contributed by atoms with Gasteiger partial charge < -0.3 is 23.9 Å². The number of nitro groups is 1. The molecule has 4 rings (SSSR count). The number of ether oxygens (including phenoxy) is 3. The Morgan fingerprint density at radius 2 is 1.71 bits per heavy atom. The first kappa shape index (κ1) is 23.4. The molecule has 0 radical (unpaired) electrons.